The highest BCUT2D eigenvalue weighted by molar-refractivity contribution is 7.80. The van der Waals surface area contributed by atoms with E-state index in [1.54, 1.807) is 0 Å². The van der Waals surface area contributed by atoms with Gasteiger partial charge in [0.1, 0.15) is 0 Å². The summed E-state index contributed by atoms with van der Waals surface area (Å²) >= 11 is 5.08. The summed E-state index contributed by atoms with van der Waals surface area (Å²) in [6.07, 6.45) is 0. The second-order valence-corrected chi connectivity index (χ2v) is 4.66. The number of carbonyl (C=O) groups is 1. The summed E-state index contributed by atoms with van der Waals surface area (Å²) in [5, 5.41) is 6.12. The SMILES string of the molecule is CC(C)C(=O)NC(=S)NC(C)c1ccccc1. The van der Waals surface area contributed by atoms with E-state index in [1.165, 1.54) is 0 Å². The molecule has 1 atom stereocenters. The molecule has 0 aliphatic heterocycles. The summed E-state index contributed by atoms with van der Waals surface area (Å²) in [5.74, 6) is -0.135. The molecule has 1 amide bonds. The van der Waals surface area contributed by atoms with Gasteiger partial charge in [0.2, 0.25) is 5.91 Å². The molecule has 0 heterocycles. The fourth-order valence-corrected chi connectivity index (χ4v) is 1.59. The van der Waals surface area contributed by atoms with E-state index in [0.717, 1.165) is 5.56 Å². The lowest BCUT2D eigenvalue weighted by Crippen LogP contribution is -2.42. The molecule has 1 rings (SSSR count). The third-order valence-electron chi connectivity index (χ3n) is 2.41. The molecule has 0 bridgehead atoms. The topological polar surface area (TPSA) is 41.1 Å². The Labute approximate surface area is 108 Å². The molecule has 0 spiro atoms. The number of amides is 1. The van der Waals surface area contributed by atoms with Crippen molar-refractivity contribution < 1.29 is 4.79 Å². The van der Waals surface area contributed by atoms with Crippen LogP contribution in [0.25, 0.3) is 0 Å². The van der Waals surface area contributed by atoms with Gasteiger partial charge >= 0.3 is 0 Å². The molecular formula is C13H18N2OS. The molecule has 92 valence electrons. The molecule has 1 unspecified atom stereocenters. The molecule has 0 fully saturated rings. The van der Waals surface area contributed by atoms with Gasteiger partial charge in [0.05, 0.1) is 6.04 Å². The van der Waals surface area contributed by atoms with Crippen LogP contribution >= 0.6 is 12.2 Å². The minimum atomic E-state index is -0.0678. The van der Waals surface area contributed by atoms with Gasteiger partial charge in [-0.05, 0) is 24.7 Å². The van der Waals surface area contributed by atoms with Gasteiger partial charge in [0.25, 0.3) is 0 Å². The Hall–Kier alpha value is -1.42. The fraction of sp³-hybridized carbons (Fsp3) is 0.385. The standard InChI is InChI=1S/C13H18N2OS/c1-9(2)12(16)15-13(17)14-10(3)11-7-5-4-6-8-11/h4-10H,1-3H3,(H2,14,15,16,17). The normalized spacial score (nSPS) is 12.0. The van der Waals surface area contributed by atoms with Crippen LogP contribution in [0.1, 0.15) is 32.4 Å². The highest BCUT2D eigenvalue weighted by Crippen LogP contribution is 2.10. The quantitative estimate of drug-likeness (QED) is 0.809. The second kappa shape index (κ2) is 6.35. The van der Waals surface area contributed by atoms with Crippen molar-refractivity contribution >= 4 is 23.2 Å². The molecule has 1 aromatic rings. The van der Waals surface area contributed by atoms with Crippen LogP contribution in [-0.4, -0.2) is 11.0 Å². The van der Waals surface area contributed by atoms with Crippen LogP contribution in [0, 0.1) is 5.92 Å². The van der Waals surface area contributed by atoms with Crippen molar-refractivity contribution in [1.82, 2.24) is 10.6 Å². The molecule has 4 heteroatoms. The second-order valence-electron chi connectivity index (χ2n) is 4.25. The van der Waals surface area contributed by atoms with E-state index in [0.29, 0.717) is 5.11 Å². The number of rotatable bonds is 3. The van der Waals surface area contributed by atoms with E-state index in [1.807, 2.05) is 51.1 Å². The number of benzene rings is 1. The predicted molar refractivity (Wildman–Crippen MR) is 73.6 cm³/mol. The average Bonchev–Trinajstić information content (AvgIpc) is 2.29. The summed E-state index contributed by atoms with van der Waals surface area (Å²) in [6, 6.07) is 10.0. The largest absolute Gasteiger partial charge is 0.356 e. The molecule has 0 saturated carbocycles. The van der Waals surface area contributed by atoms with Crippen LogP contribution in [0.15, 0.2) is 30.3 Å². The van der Waals surface area contributed by atoms with Crippen LogP contribution in [0.2, 0.25) is 0 Å². The Kier molecular flexibility index (Phi) is 5.10. The molecule has 1 aromatic carbocycles. The van der Waals surface area contributed by atoms with Crippen LogP contribution in [0.4, 0.5) is 0 Å². The lowest BCUT2D eigenvalue weighted by molar-refractivity contribution is -0.122. The predicted octanol–water partition coefficient (Wildman–Crippen LogP) is 2.39. The zero-order valence-corrected chi connectivity index (χ0v) is 11.2. The zero-order valence-electron chi connectivity index (χ0n) is 10.4. The average molecular weight is 250 g/mol. The molecular weight excluding hydrogens is 232 g/mol. The fourth-order valence-electron chi connectivity index (χ4n) is 1.31. The van der Waals surface area contributed by atoms with Crippen LogP contribution in [-0.2, 0) is 4.79 Å². The van der Waals surface area contributed by atoms with Crippen molar-refractivity contribution in [3.8, 4) is 0 Å². The molecule has 0 aliphatic carbocycles. The van der Waals surface area contributed by atoms with Crippen molar-refractivity contribution in [2.24, 2.45) is 5.92 Å². The van der Waals surface area contributed by atoms with Crippen LogP contribution in [0.3, 0.4) is 0 Å². The summed E-state index contributed by atoms with van der Waals surface area (Å²) in [5.41, 5.74) is 1.13. The maximum atomic E-state index is 11.4. The highest BCUT2D eigenvalue weighted by Gasteiger charge is 2.11. The Morgan fingerprint density at radius 2 is 1.76 bits per heavy atom. The van der Waals surface area contributed by atoms with Crippen molar-refractivity contribution in [1.29, 1.82) is 0 Å². The third-order valence-corrected chi connectivity index (χ3v) is 2.63. The number of nitrogens with one attached hydrogen (secondary N) is 2. The summed E-state index contributed by atoms with van der Waals surface area (Å²) in [4.78, 5) is 11.4. The van der Waals surface area contributed by atoms with Gasteiger partial charge < -0.3 is 10.6 Å². The minimum absolute atomic E-state index is 0.0669. The van der Waals surface area contributed by atoms with Gasteiger partial charge in [0, 0.05) is 5.92 Å². The zero-order chi connectivity index (χ0) is 12.8. The van der Waals surface area contributed by atoms with Gasteiger partial charge in [-0.25, -0.2) is 0 Å². The molecule has 3 nitrogen and oxygen atoms in total. The smallest absolute Gasteiger partial charge is 0.228 e. The van der Waals surface area contributed by atoms with E-state index in [4.69, 9.17) is 12.2 Å². The summed E-state index contributed by atoms with van der Waals surface area (Å²) in [7, 11) is 0. The highest BCUT2D eigenvalue weighted by atomic mass is 32.1. The number of carbonyl (C=O) groups excluding carboxylic acids is 1. The van der Waals surface area contributed by atoms with E-state index >= 15 is 0 Å². The first-order chi connectivity index (χ1) is 8.00. The molecule has 0 saturated heterocycles. The molecule has 0 aliphatic rings. The molecule has 17 heavy (non-hydrogen) atoms. The van der Waals surface area contributed by atoms with Gasteiger partial charge in [-0.1, -0.05) is 44.2 Å². The van der Waals surface area contributed by atoms with Crippen molar-refractivity contribution in [3.63, 3.8) is 0 Å². The number of hydrogen-bond donors (Lipinski definition) is 2. The van der Waals surface area contributed by atoms with Crippen molar-refractivity contribution in [2.45, 2.75) is 26.8 Å². The van der Waals surface area contributed by atoms with Gasteiger partial charge in [-0.15, -0.1) is 0 Å². The van der Waals surface area contributed by atoms with E-state index in [9.17, 15) is 4.79 Å². The Balaban J connectivity index is 2.50. The summed E-state index contributed by atoms with van der Waals surface area (Å²) in [6.45, 7) is 5.67. The molecule has 0 radical (unpaired) electrons. The molecule has 0 aromatic heterocycles. The number of thiocarbonyl (C=S) groups is 1. The lowest BCUT2D eigenvalue weighted by Gasteiger charge is -2.17. The van der Waals surface area contributed by atoms with E-state index in [-0.39, 0.29) is 17.9 Å². The van der Waals surface area contributed by atoms with E-state index < -0.39 is 0 Å². The van der Waals surface area contributed by atoms with Crippen molar-refractivity contribution in [2.75, 3.05) is 0 Å². The van der Waals surface area contributed by atoms with E-state index in [2.05, 4.69) is 10.6 Å². The third kappa shape index (κ3) is 4.53. The van der Waals surface area contributed by atoms with Gasteiger partial charge in [-0.2, -0.15) is 0 Å². The monoisotopic (exact) mass is 250 g/mol. The molecule has 2 N–H and O–H groups in total. The first kappa shape index (κ1) is 13.6. The Bertz CT molecular complexity index is 390. The van der Waals surface area contributed by atoms with Gasteiger partial charge in [-0.3, -0.25) is 4.79 Å². The maximum absolute atomic E-state index is 11.4. The lowest BCUT2D eigenvalue weighted by atomic mass is 10.1. The first-order valence-corrected chi connectivity index (χ1v) is 6.08. The van der Waals surface area contributed by atoms with Crippen LogP contribution < -0.4 is 10.6 Å². The van der Waals surface area contributed by atoms with Crippen molar-refractivity contribution in [3.05, 3.63) is 35.9 Å². The summed E-state index contributed by atoms with van der Waals surface area (Å²) < 4.78 is 0. The minimum Gasteiger partial charge on any atom is -0.356 e. The Morgan fingerprint density at radius 3 is 2.29 bits per heavy atom. The van der Waals surface area contributed by atoms with Gasteiger partial charge in [0.15, 0.2) is 5.11 Å². The number of hydrogen-bond acceptors (Lipinski definition) is 2. The van der Waals surface area contributed by atoms with Crippen LogP contribution in [0.5, 0.6) is 0 Å². The maximum Gasteiger partial charge on any atom is 0.228 e. The Morgan fingerprint density at radius 1 is 1.18 bits per heavy atom. The first-order valence-electron chi connectivity index (χ1n) is 5.67.